The summed E-state index contributed by atoms with van der Waals surface area (Å²) in [6.07, 6.45) is 8.97. The smallest absolute Gasteiger partial charge is 0.145 e. The molecule has 32 heavy (non-hydrogen) atoms. The summed E-state index contributed by atoms with van der Waals surface area (Å²) in [5.41, 5.74) is 6.03. The van der Waals surface area contributed by atoms with Gasteiger partial charge in [-0.2, -0.15) is 0 Å². The highest BCUT2D eigenvalue weighted by molar-refractivity contribution is 6.30. The Hall–Kier alpha value is -2.19. The van der Waals surface area contributed by atoms with Gasteiger partial charge >= 0.3 is 0 Å². The van der Waals surface area contributed by atoms with Crippen LogP contribution in [0, 0.1) is 24.5 Å². The van der Waals surface area contributed by atoms with Gasteiger partial charge in [0.15, 0.2) is 0 Å². The van der Waals surface area contributed by atoms with Crippen LogP contribution in [0.5, 0.6) is 0 Å². The number of hydrogen-bond acceptors (Lipinski definition) is 0. The Labute approximate surface area is 195 Å². The Balaban J connectivity index is 1.22. The number of rotatable bonds is 7. The summed E-state index contributed by atoms with van der Waals surface area (Å²) in [7, 11) is 0. The molecule has 4 rings (SSSR count). The average Bonchev–Trinajstić information content (AvgIpc) is 2.81. The van der Waals surface area contributed by atoms with Gasteiger partial charge in [0.2, 0.25) is 0 Å². The second kappa shape index (κ2) is 10.6. The molecule has 3 aromatic carbocycles. The van der Waals surface area contributed by atoms with Crippen LogP contribution in [0.2, 0.25) is 5.02 Å². The molecule has 0 unspecified atom stereocenters. The molecule has 168 valence electrons. The van der Waals surface area contributed by atoms with Gasteiger partial charge in [0.1, 0.15) is 16.7 Å². The fraction of sp³-hybridized carbons (Fsp3) is 0.379. The lowest BCUT2D eigenvalue weighted by molar-refractivity contribution is 0.310. The highest BCUT2D eigenvalue weighted by Crippen LogP contribution is 2.37. The van der Waals surface area contributed by atoms with Gasteiger partial charge in [-0.1, -0.05) is 65.7 Å². The van der Waals surface area contributed by atoms with Gasteiger partial charge in [0.05, 0.1) is 0 Å². The molecule has 1 aliphatic rings. The van der Waals surface area contributed by atoms with Crippen molar-refractivity contribution in [3.05, 3.63) is 105 Å². The average molecular weight is 453 g/mol. The van der Waals surface area contributed by atoms with E-state index in [0.29, 0.717) is 12.0 Å². The van der Waals surface area contributed by atoms with E-state index < -0.39 is 16.7 Å². The van der Waals surface area contributed by atoms with Gasteiger partial charge in [-0.15, -0.1) is 0 Å². The van der Waals surface area contributed by atoms with Gasteiger partial charge in [-0.3, -0.25) is 0 Å². The number of benzene rings is 3. The predicted molar refractivity (Wildman–Crippen MR) is 129 cm³/mol. The van der Waals surface area contributed by atoms with E-state index in [-0.39, 0.29) is 0 Å². The first-order chi connectivity index (χ1) is 15.5. The van der Waals surface area contributed by atoms with E-state index in [1.807, 2.05) is 0 Å². The minimum absolute atomic E-state index is 0.429. The molecular formula is C29H31ClF2. The second-order valence-electron chi connectivity index (χ2n) is 9.36. The van der Waals surface area contributed by atoms with Gasteiger partial charge in [0.25, 0.3) is 0 Å². The topological polar surface area (TPSA) is 0 Å². The van der Waals surface area contributed by atoms with Crippen molar-refractivity contribution in [3.8, 4) is 0 Å². The van der Waals surface area contributed by atoms with E-state index in [2.05, 4.69) is 55.5 Å². The van der Waals surface area contributed by atoms with Crippen molar-refractivity contribution in [2.24, 2.45) is 5.92 Å². The van der Waals surface area contributed by atoms with Crippen LogP contribution in [-0.4, -0.2) is 0 Å². The van der Waals surface area contributed by atoms with Crippen LogP contribution in [-0.2, 0) is 19.3 Å². The highest BCUT2D eigenvalue weighted by atomic mass is 35.5. The first-order valence-electron chi connectivity index (χ1n) is 11.8. The summed E-state index contributed by atoms with van der Waals surface area (Å²) in [4.78, 5) is 0. The summed E-state index contributed by atoms with van der Waals surface area (Å²) in [6, 6.07) is 20.4. The standard InChI is InChI=1S/C29H31ClF2/c1-20-2-14-25(15-3-20)26-16-12-23(13-17-26)9-8-21-4-6-22(7-5-21)10-11-24-18-27(31)29(30)28(32)19-24/h2-7,14-15,18-19,23,26H,8-13,16-17H2,1H3/t23-,26-. The molecule has 0 aromatic heterocycles. The van der Waals surface area contributed by atoms with E-state index in [4.69, 9.17) is 11.6 Å². The molecular weight excluding hydrogens is 422 g/mol. The van der Waals surface area contributed by atoms with Crippen LogP contribution in [0.4, 0.5) is 8.78 Å². The molecule has 3 aromatic rings. The molecule has 0 amide bonds. The van der Waals surface area contributed by atoms with Gasteiger partial charge in [-0.05, 0) is 105 Å². The van der Waals surface area contributed by atoms with Crippen molar-refractivity contribution in [2.75, 3.05) is 0 Å². The third-order valence-corrected chi connectivity index (χ3v) is 7.37. The van der Waals surface area contributed by atoms with Gasteiger partial charge in [-0.25, -0.2) is 8.78 Å². The van der Waals surface area contributed by atoms with Crippen LogP contribution in [0.25, 0.3) is 0 Å². The van der Waals surface area contributed by atoms with Gasteiger partial charge in [0, 0.05) is 0 Å². The van der Waals surface area contributed by atoms with E-state index >= 15 is 0 Å². The SMILES string of the molecule is Cc1ccc([C@H]2CC[C@H](CCc3ccc(CCc4cc(F)c(Cl)c(F)c4)cc3)CC2)cc1. The predicted octanol–water partition coefficient (Wildman–Crippen LogP) is 8.62. The molecule has 0 atom stereocenters. The van der Waals surface area contributed by atoms with Gasteiger partial charge < -0.3 is 0 Å². The molecule has 1 fully saturated rings. The third-order valence-electron chi connectivity index (χ3n) is 7.01. The number of aryl methyl sites for hydroxylation is 4. The molecule has 0 saturated heterocycles. The highest BCUT2D eigenvalue weighted by Gasteiger charge is 2.22. The molecule has 0 radical (unpaired) electrons. The Morgan fingerprint density at radius 1 is 0.719 bits per heavy atom. The second-order valence-corrected chi connectivity index (χ2v) is 9.73. The fourth-order valence-corrected chi connectivity index (χ4v) is 5.02. The largest absolute Gasteiger partial charge is 0.205 e. The zero-order valence-electron chi connectivity index (χ0n) is 18.7. The minimum Gasteiger partial charge on any atom is -0.205 e. The lowest BCUT2D eigenvalue weighted by Gasteiger charge is -2.29. The van der Waals surface area contributed by atoms with E-state index in [9.17, 15) is 8.78 Å². The third kappa shape index (κ3) is 5.98. The fourth-order valence-electron chi connectivity index (χ4n) is 4.91. The van der Waals surface area contributed by atoms with Crippen molar-refractivity contribution < 1.29 is 8.78 Å². The molecule has 0 N–H and O–H groups in total. The van der Waals surface area contributed by atoms with Crippen molar-refractivity contribution in [1.29, 1.82) is 0 Å². The normalized spacial score (nSPS) is 18.6. The van der Waals surface area contributed by atoms with Crippen LogP contribution in [0.15, 0.2) is 60.7 Å². The molecule has 0 aliphatic heterocycles. The Kier molecular flexibility index (Phi) is 7.63. The van der Waals surface area contributed by atoms with Crippen molar-refractivity contribution in [2.45, 2.75) is 64.2 Å². The summed E-state index contributed by atoms with van der Waals surface area (Å²) < 4.78 is 27.2. The van der Waals surface area contributed by atoms with Crippen molar-refractivity contribution >= 4 is 11.6 Å². The summed E-state index contributed by atoms with van der Waals surface area (Å²) >= 11 is 5.56. The monoisotopic (exact) mass is 452 g/mol. The summed E-state index contributed by atoms with van der Waals surface area (Å²) in [5.74, 6) is 0.176. The molecule has 0 spiro atoms. The first kappa shape index (κ1) is 23.0. The van der Waals surface area contributed by atoms with Crippen LogP contribution < -0.4 is 0 Å². The molecule has 0 bridgehead atoms. The summed E-state index contributed by atoms with van der Waals surface area (Å²) in [6.45, 7) is 2.15. The Morgan fingerprint density at radius 2 is 1.25 bits per heavy atom. The molecule has 1 saturated carbocycles. The molecule has 3 heteroatoms. The Morgan fingerprint density at radius 3 is 1.84 bits per heavy atom. The maximum Gasteiger partial charge on any atom is 0.145 e. The quantitative estimate of drug-likeness (QED) is 0.315. The Bertz CT molecular complexity index is 993. The minimum atomic E-state index is -0.690. The first-order valence-corrected chi connectivity index (χ1v) is 12.1. The zero-order chi connectivity index (χ0) is 22.5. The van der Waals surface area contributed by atoms with Crippen molar-refractivity contribution in [3.63, 3.8) is 0 Å². The lowest BCUT2D eigenvalue weighted by Crippen LogP contribution is -2.14. The molecule has 0 nitrogen and oxygen atoms in total. The zero-order valence-corrected chi connectivity index (χ0v) is 19.5. The van der Waals surface area contributed by atoms with E-state index in [0.717, 1.165) is 24.7 Å². The summed E-state index contributed by atoms with van der Waals surface area (Å²) in [5, 5.41) is -0.429. The number of hydrogen-bond donors (Lipinski definition) is 0. The number of halogens is 3. The van der Waals surface area contributed by atoms with E-state index in [1.54, 1.807) is 0 Å². The maximum atomic E-state index is 13.6. The van der Waals surface area contributed by atoms with Crippen LogP contribution >= 0.6 is 11.6 Å². The van der Waals surface area contributed by atoms with Crippen LogP contribution in [0.1, 0.15) is 65.8 Å². The lowest BCUT2D eigenvalue weighted by atomic mass is 9.77. The van der Waals surface area contributed by atoms with Crippen molar-refractivity contribution in [1.82, 2.24) is 0 Å². The molecule has 1 aliphatic carbocycles. The van der Waals surface area contributed by atoms with E-state index in [1.165, 1.54) is 66.5 Å². The maximum absolute atomic E-state index is 13.6. The molecule has 0 heterocycles. The van der Waals surface area contributed by atoms with Crippen LogP contribution in [0.3, 0.4) is 0 Å².